The lowest BCUT2D eigenvalue weighted by Crippen LogP contribution is -2.28. The average molecular weight is 206 g/mol. The molecule has 1 aliphatic rings. The fraction of sp³-hybridized carbons (Fsp3) is 0.333. The summed E-state index contributed by atoms with van der Waals surface area (Å²) in [6.45, 7) is 2.59. The van der Waals surface area contributed by atoms with Gasteiger partial charge in [0, 0.05) is 18.3 Å². The highest BCUT2D eigenvalue weighted by atomic mass is 16.6. The molecule has 15 heavy (non-hydrogen) atoms. The number of aliphatic imine (C=N–C) groups is 1. The lowest BCUT2D eigenvalue weighted by atomic mass is 10.2. The first-order valence-corrected chi connectivity index (χ1v) is 4.59. The van der Waals surface area contributed by atoms with Gasteiger partial charge in [-0.2, -0.15) is 0 Å². The van der Waals surface area contributed by atoms with E-state index in [-0.39, 0.29) is 11.7 Å². The molecular formula is C9H10N4O2. The number of amidine groups is 1. The highest BCUT2D eigenvalue weighted by Crippen LogP contribution is 2.16. The van der Waals surface area contributed by atoms with Crippen LogP contribution in [0.15, 0.2) is 23.3 Å². The molecule has 1 atom stereocenters. The molecule has 2 heterocycles. The Bertz CT molecular complexity index is 430. The molecule has 0 aliphatic carbocycles. The Morgan fingerprint density at radius 1 is 1.67 bits per heavy atom. The first kappa shape index (κ1) is 9.57. The van der Waals surface area contributed by atoms with E-state index in [1.54, 1.807) is 6.07 Å². The normalized spacial score (nSPS) is 19.5. The molecule has 78 valence electrons. The molecule has 6 nitrogen and oxygen atoms in total. The standard InChI is InChI=1S/C9H10N4O2/c1-6-5-11-9(12-6)8-7(13(14)15)3-2-4-10-8/h2-4,6H,5H2,1H3,(H,11,12). The summed E-state index contributed by atoms with van der Waals surface area (Å²) in [6.07, 6.45) is 1.52. The maximum atomic E-state index is 10.7. The van der Waals surface area contributed by atoms with Crippen LogP contribution in [0.2, 0.25) is 0 Å². The van der Waals surface area contributed by atoms with Crippen LogP contribution >= 0.6 is 0 Å². The van der Waals surface area contributed by atoms with Crippen molar-refractivity contribution in [2.75, 3.05) is 6.54 Å². The minimum atomic E-state index is -0.449. The Morgan fingerprint density at radius 2 is 2.47 bits per heavy atom. The summed E-state index contributed by atoms with van der Waals surface area (Å²) < 4.78 is 0. The summed E-state index contributed by atoms with van der Waals surface area (Å²) in [4.78, 5) is 18.4. The Labute approximate surface area is 86.2 Å². The molecule has 0 fully saturated rings. The van der Waals surface area contributed by atoms with Crippen LogP contribution < -0.4 is 5.32 Å². The second-order valence-electron chi connectivity index (χ2n) is 3.36. The van der Waals surface area contributed by atoms with Crippen LogP contribution in [0.5, 0.6) is 0 Å². The average Bonchev–Trinajstić information content (AvgIpc) is 2.65. The van der Waals surface area contributed by atoms with Gasteiger partial charge in [-0.05, 0) is 13.0 Å². The molecule has 0 saturated carbocycles. The van der Waals surface area contributed by atoms with Crippen molar-refractivity contribution in [3.05, 3.63) is 34.1 Å². The molecule has 1 unspecified atom stereocenters. The third-order valence-electron chi connectivity index (χ3n) is 2.11. The molecule has 1 aromatic heterocycles. The maximum absolute atomic E-state index is 10.7. The Balaban J connectivity index is 2.40. The number of nitro groups is 1. The largest absolute Gasteiger partial charge is 0.364 e. The van der Waals surface area contributed by atoms with Gasteiger partial charge in [-0.25, -0.2) is 4.98 Å². The molecule has 1 aliphatic heterocycles. The highest BCUT2D eigenvalue weighted by molar-refractivity contribution is 6.01. The lowest BCUT2D eigenvalue weighted by molar-refractivity contribution is -0.385. The molecule has 0 amide bonds. The smallest absolute Gasteiger partial charge is 0.298 e. The number of hydrogen-bond donors (Lipinski definition) is 1. The third-order valence-corrected chi connectivity index (χ3v) is 2.11. The van der Waals surface area contributed by atoms with Crippen molar-refractivity contribution in [1.82, 2.24) is 10.3 Å². The fourth-order valence-corrected chi connectivity index (χ4v) is 1.42. The second kappa shape index (κ2) is 3.64. The first-order chi connectivity index (χ1) is 7.18. The molecule has 6 heteroatoms. The summed E-state index contributed by atoms with van der Waals surface area (Å²) in [5.74, 6) is 0.509. The summed E-state index contributed by atoms with van der Waals surface area (Å²) in [5, 5.41) is 13.8. The molecule has 0 aromatic carbocycles. The zero-order chi connectivity index (χ0) is 10.8. The van der Waals surface area contributed by atoms with Crippen molar-refractivity contribution < 1.29 is 4.92 Å². The van der Waals surface area contributed by atoms with Gasteiger partial charge >= 0.3 is 0 Å². The van der Waals surface area contributed by atoms with Crippen LogP contribution in [0.4, 0.5) is 5.69 Å². The van der Waals surface area contributed by atoms with Crippen LogP contribution in [0.25, 0.3) is 0 Å². The van der Waals surface area contributed by atoms with E-state index in [1.807, 2.05) is 6.92 Å². The maximum Gasteiger partial charge on any atom is 0.298 e. The van der Waals surface area contributed by atoms with Gasteiger partial charge in [0.15, 0.2) is 11.5 Å². The van der Waals surface area contributed by atoms with Gasteiger partial charge in [0.05, 0.1) is 11.5 Å². The molecule has 2 rings (SSSR count). The predicted octanol–water partition coefficient (Wildman–Crippen LogP) is 0.728. The van der Waals surface area contributed by atoms with Crippen LogP contribution in [0.3, 0.4) is 0 Å². The highest BCUT2D eigenvalue weighted by Gasteiger charge is 2.23. The molecule has 0 saturated heterocycles. The number of aromatic nitrogens is 1. The van der Waals surface area contributed by atoms with Crippen LogP contribution in [0.1, 0.15) is 12.6 Å². The number of nitrogens with zero attached hydrogens (tertiary/aromatic N) is 3. The van der Waals surface area contributed by atoms with E-state index in [0.29, 0.717) is 18.1 Å². The third kappa shape index (κ3) is 1.78. The van der Waals surface area contributed by atoms with Gasteiger partial charge in [-0.1, -0.05) is 0 Å². The van der Waals surface area contributed by atoms with E-state index in [1.165, 1.54) is 12.3 Å². The molecular weight excluding hydrogens is 196 g/mol. The van der Waals surface area contributed by atoms with E-state index in [2.05, 4.69) is 15.3 Å². The van der Waals surface area contributed by atoms with Crippen LogP contribution in [-0.4, -0.2) is 28.3 Å². The quantitative estimate of drug-likeness (QED) is 0.571. The Hall–Kier alpha value is -1.98. The van der Waals surface area contributed by atoms with E-state index >= 15 is 0 Å². The van der Waals surface area contributed by atoms with Gasteiger partial charge in [0.2, 0.25) is 0 Å². The number of hydrogen-bond acceptors (Lipinski definition) is 5. The van der Waals surface area contributed by atoms with Gasteiger partial charge < -0.3 is 5.32 Å². The summed E-state index contributed by atoms with van der Waals surface area (Å²) >= 11 is 0. The van der Waals surface area contributed by atoms with E-state index in [4.69, 9.17) is 0 Å². The zero-order valence-electron chi connectivity index (χ0n) is 8.17. The predicted molar refractivity (Wildman–Crippen MR) is 54.9 cm³/mol. The number of nitrogens with one attached hydrogen (secondary N) is 1. The van der Waals surface area contributed by atoms with Crippen molar-refractivity contribution >= 4 is 11.5 Å². The zero-order valence-corrected chi connectivity index (χ0v) is 8.17. The van der Waals surface area contributed by atoms with Crippen molar-refractivity contribution in [2.24, 2.45) is 4.99 Å². The molecule has 0 bridgehead atoms. The van der Waals surface area contributed by atoms with Crippen LogP contribution in [-0.2, 0) is 0 Å². The number of rotatable bonds is 2. The fourth-order valence-electron chi connectivity index (χ4n) is 1.42. The summed E-state index contributed by atoms with van der Waals surface area (Å²) in [5.41, 5.74) is 0.296. The minimum Gasteiger partial charge on any atom is -0.364 e. The SMILES string of the molecule is CC1CN=C(c2ncccc2[N+](=O)[O-])N1. The van der Waals surface area contributed by atoms with E-state index < -0.39 is 4.92 Å². The molecule has 1 aromatic rings. The first-order valence-electron chi connectivity index (χ1n) is 4.59. The number of pyridine rings is 1. The van der Waals surface area contributed by atoms with Gasteiger partial charge in [0.1, 0.15) is 0 Å². The summed E-state index contributed by atoms with van der Waals surface area (Å²) in [6, 6.07) is 3.18. The second-order valence-corrected chi connectivity index (χ2v) is 3.36. The van der Waals surface area contributed by atoms with Crippen molar-refractivity contribution in [2.45, 2.75) is 13.0 Å². The van der Waals surface area contributed by atoms with Gasteiger partial charge in [-0.15, -0.1) is 0 Å². The van der Waals surface area contributed by atoms with E-state index in [0.717, 1.165) is 0 Å². The molecule has 0 radical (unpaired) electrons. The van der Waals surface area contributed by atoms with Crippen molar-refractivity contribution in [3.63, 3.8) is 0 Å². The molecule has 0 spiro atoms. The van der Waals surface area contributed by atoms with Gasteiger partial charge in [0.25, 0.3) is 5.69 Å². The monoisotopic (exact) mass is 206 g/mol. The van der Waals surface area contributed by atoms with Crippen LogP contribution in [0, 0.1) is 10.1 Å². The Kier molecular flexibility index (Phi) is 2.32. The van der Waals surface area contributed by atoms with Crippen molar-refractivity contribution in [3.8, 4) is 0 Å². The lowest BCUT2D eigenvalue weighted by Gasteiger charge is -2.05. The minimum absolute atomic E-state index is 0.0159. The topological polar surface area (TPSA) is 80.4 Å². The van der Waals surface area contributed by atoms with Gasteiger partial charge in [-0.3, -0.25) is 15.1 Å². The summed E-state index contributed by atoms with van der Waals surface area (Å²) in [7, 11) is 0. The Morgan fingerprint density at radius 3 is 3.07 bits per heavy atom. The van der Waals surface area contributed by atoms with E-state index in [9.17, 15) is 10.1 Å². The van der Waals surface area contributed by atoms with Crippen molar-refractivity contribution in [1.29, 1.82) is 0 Å². The molecule has 1 N–H and O–H groups in total.